The Balaban J connectivity index is 1.82. The zero-order chi connectivity index (χ0) is 23.3. The fraction of sp³-hybridized carbons (Fsp3) is 0.400. The number of hydrogen-bond donors (Lipinski definition) is 3. The molecule has 0 aliphatic heterocycles. The van der Waals surface area contributed by atoms with Crippen LogP contribution >= 0.6 is 12.2 Å². The Hall–Kier alpha value is -2.93. The predicted octanol–water partition coefficient (Wildman–Crippen LogP) is 5.30. The van der Waals surface area contributed by atoms with E-state index in [1.54, 1.807) is 48.5 Å². The molecule has 0 aliphatic rings. The van der Waals surface area contributed by atoms with Crippen molar-refractivity contribution < 1.29 is 14.3 Å². The summed E-state index contributed by atoms with van der Waals surface area (Å²) in [4.78, 5) is 24.6. The van der Waals surface area contributed by atoms with Crippen LogP contribution in [0.3, 0.4) is 0 Å². The van der Waals surface area contributed by atoms with E-state index in [0.717, 1.165) is 12.2 Å². The van der Waals surface area contributed by atoms with Gasteiger partial charge in [0.2, 0.25) is 0 Å². The molecule has 0 heterocycles. The number of amides is 2. The van der Waals surface area contributed by atoms with Gasteiger partial charge in [-0.3, -0.25) is 14.9 Å². The van der Waals surface area contributed by atoms with E-state index in [9.17, 15) is 9.59 Å². The van der Waals surface area contributed by atoms with Gasteiger partial charge in [0.1, 0.15) is 5.75 Å². The van der Waals surface area contributed by atoms with Gasteiger partial charge in [-0.05, 0) is 75.0 Å². The maximum absolute atomic E-state index is 12.5. The van der Waals surface area contributed by atoms with Gasteiger partial charge in [0.25, 0.3) is 11.8 Å². The molecule has 32 heavy (non-hydrogen) atoms. The Labute approximate surface area is 196 Å². The average Bonchev–Trinajstić information content (AvgIpc) is 2.76. The minimum absolute atomic E-state index is 0.0436. The van der Waals surface area contributed by atoms with Crippen LogP contribution in [0, 0.1) is 0 Å². The normalized spacial score (nSPS) is 10.5. The number of hydrogen-bond acceptors (Lipinski definition) is 4. The van der Waals surface area contributed by atoms with Crippen molar-refractivity contribution in [3.63, 3.8) is 0 Å². The number of ether oxygens (including phenoxy) is 1. The van der Waals surface area contributed by atoms with E-state index in [4.69, 9.17) is 17.0 Å². The van der Waals surface area contributed by atoms with Crippen LogP contribution in [0.2, 0.25) is 0 Å². The molecule has 0 fully saturated rings. The zero-order valence-electron chi connectivity index (χ0n) is 19.1. The fourth-order valence-electron chi connectivity index (χ4n) is 3.02. The molecule has 7 heteroatoms. The van der Waals surface area contributed by atoms with Crippen LogP contribution in [0.25, 0.3) is 0 Å². The molecule has 0 saturated heterocycles. The molecule has 0 bridgehead atoms. The molecule has 2 amide bonds. The van der Waals surface area contributed by atoms with Gasteiger partial charge in [0, 0.05) is 22.9 Å². The Morgan fingerprint density at radius 1 is 0.938 bits per heavy atom. The highest BCUT2D eigenvalue weighted by molar-refractivity contribution is 7.80. The van der Waals surface area contributed by atoms with Crippen molar-refractivity contribution in [2.24, 2.45) is 0 Å². The monoisotopic (exact) mass is 455 g/mol. The van der Waals surface area contributed by atoms with Gasteiger partial charge in [-0.15, -0.1) is 0 Å². The lowest BCUT2D eigenvalue weighted by Gasteiger charge is -2.12. The molecule has 0 aromatic heterocycles. The molecule has 2 aromatic carbocycles. The van der Waals surface area contributed by atoms with Crippen LogP contribution in [0.15, 0.2) is 48.5 Å². The Bertz CT molecular complexity index is 898. The first-order chi connectivity index (χ1) is 15.4. The smallest absolute Gasteiger partial charge is 0.257 e. The molecular formula is C25H33N3O3S. The molecule has 3 N–H and O–H groups in total. The van der Waals surface area contributed by atoms with Gasteiger partial charge >= 0.3 is 0 Å². The van der Waals surface area contributed by atoms with Crippen LogP contribution in [-0.2, 0) is 0 Å². The van der Waals surface area contributed by atoms with Crippen LogP contribution in [0.5, 0.6) is 5.75 Å². The number of benzene rings is 2. The van der Waals surface area contributed by atoms with Crippen molar-refractivity contribution in [1.29, 1.82) is 0 Å². The lowest BCUT2D eigenvalue weighted by Crippen LogP contribution is -2.34. The van der Waals surface area contributed by atoms with Crippen molar-refractivity contribution in [2.45, 2.75) is 58.9 Å². The first-order valence-corrected chi connectivity index (χ1v) is 11.6. The number of thiocarbonyl (C=S) groups is 1. The Morgan fingerprint density at radius 2 is 1.66 bits per heavy atom. The van der Waals surface area contributed by atoms with Gasteiger partial charge in [-0.25, -0.2) is 0 Å². The number of carbonyl (C=O) groups excluding carboxylic acids is 2. The zero-order valence-corrected chi connectivity index (χ0v) is 19.9. The molecule has 2 aromatic rings. The number of unbranched alkanes of at least 4 members (excludes halogenated alkanes) is 4. The van der Waals surface area contributed by atoms with E-state index >= 15 is 0 Å². The minimum Gasteiger partial charge on any atom is -0.494 e. The van der Waals surface area contributed by atoms with Gasteiger partial charge in [0.05, 0.1) is 6.61 Å². The predicted molar refractivity (Wildman–Crippen MR) is 133 cm³/mol. The Morgan fingerprint density at radius 3 is 2.34 bits per heavy atom. The molecule has 172 valence electrons. The molecule has 0 unspecified atom stereocenters. The lowest BCUT2D eigenvalue weighted by molar-refractivity contribution is 0.0941. The van der Waals surface area contributed by atoms with Crippen molar-refractivity contribution in [1.82, 2.24) is 10.6 Å². The van der Waals surface area contributed by atoms with E-state index in [2.05, 4.69) is 22.9 Å². The lowest BCUT2D eigenvalue weighted by atomic mass is 10.1. The number of anilines is 1. The van der Waals surface area contributed by atoms with E-state index in [1.807, 2.05) is 13.8 Å². The number of carbonyl (C=O) groups is 2. The standard InChI is InChI=1S/C25H33N3O3S/c1-4-5-6-7-8-16-31-22-14-12-19(13-15-22)23(29)28-25(32)27-21-11-9-10-20(17-21)24(30)26-18(2)3/h9-15,17-18H,4-8,16H2,1-3H3,(H,26,30)(H2,27,28,29,32). The first kappa shape index (κ1) is 25.3. The van der Waals surface area contributed by atoms with Crippen molar-refractivity contribution >= 4 is 34.8 Å². The maximum atomic E-state index is 12.5. The molecule has 0 atom stereocenters. The summed E-state index contributed by atoms with van der Waals surface area (Å²) in [7, 11) is 0. The molecule has 2 rings (SSSR count). The van der Waals surface area contributed by atoms with Crippen molar-refractivity contribution in [3.05, 3.63) is 59.7 Å². The van der Waals surface area contributed by atoms with Crippen LogP contribution in [0.1, 0.15) is 73.6 Å². The minimum atomic E-state index is -0.317. The summed E-state index contributed by atoms with van der Waals surface area (Å²) < 4.78 is 5.73. The SMILES string of the molecule is CCCCCCCOc1ccc(C(=O)NC(=S)Nc2cccc(C(=O)NC(C)C)c2)cc1. The second-order valence-corrected chi connectivity index (χ2v) is 8.31. The quantitative estimate of drug-likeness (QED) is 0.316. The highest BCUT2D eigenvalue weighted by Gasteiger charge is 2.10. The second-order valence-electron chi connectivity index (χ2n) is 7.90. The van der Waals surface area contributed by atoms with E-state index in [0.29, 0.717) is 23.4 Å². The second kappa shape index (κ2) is 13.5. The molecule has 0 aliphatic carbocycles. The molecule has 0 spiro atoms. The summed E-state index contributed by atoms with van der Waals surface area (Å²) in [6.45, 7) is 6.68. The number of nitrogens with one attached hydrogen (secondary N) is 3. The Kier molecular flexibility index (Phi) is 10.7. The third-order valence-electron chi connectivity index (χ3n) is 4.66. The summed E-state index contributed by atoms with van der Waals surface area (Å²) in [6, 6.07) is 14.0. The van der Waals surface area contributed by atoms with E-state index < -0.39 is 0 Å². The van der Waals surface area contributed by atoms with Crippen molar-refractivity contribution in [3.8, 4) is 5.75 Å². The summed E-state index contributed by atoms with van der Waals surface area (Å²) in [5.74, 6) is 0.262. The maximum Gasteiger partial charge on any atom is 0.257 e. The molecular weight excluding hydrogens is 422 g/mol. The van der Waals surface area contributed by atoms with E-state index in [1.165, 1.54) is 25.7 Å². The number of rotatable bonds is 11. The highest BCUT2D eigenvalue weighted by Crippen LogP contribution is 2.14. The average molecular weight is 456 g/mol. The summed E-state index contributed by atoms with van der Waals surface area (Å²) in [5.41, 5.74) is 1.61. The third kappa shape index (κ3) is 9.06. The van der Waals surface area contributed by atoms with Gasteiger partial charge in [-0.2, -0.15) is 0 Å². The highest BCUT2D eigenvalue weighted by atomic mass is 32.1. The van der Waals surface area contributed by atoms with Gasteiger partial charge in [-0.1, -0.05) is 38.7 Å². The van der Waals surface area contributed by atoms with Gasteiger partial charge in [0.15, 0.2) is 5.11 Å². The van der Waals surface area contributed by atoms with Crippen molar-refractivity contribution in [2.75, 3.05) is 11.9 Å². The first-order valence-electron chi connectivity index (χ1n) is 11.1. The topological polar surface area (TPSA) is 79.5 Å². The largest absolute Gasteiger partial charge is 0.494 e. The van der Waals surface area contributed by atoms with Crippen LogP contribution < -0.4 is 20.7 Å². The van der Waals surface area contributed by atoms with E-state index in [-0.39, 0.29) is 23.0 Å². The van der Waals surface area contributed by atoms with Gasteiger partial charge < -0.3 is 15.4 Å². The van der Waals surface area contributed by atoms with Crippen LogP contribution in [0.4, 0.5) is 5.69 Å². The van der Waals surface area contributed by atoms with Crippen LogP contribution in [-0.4, -0.2) is 29.6 Å². The summed E-state index contributed by atoms with van der Waals surface area (Å²) in [6.07, 6.45) is 5.93. The molecule has 0 saturated carbocycles. The third-order valence-corrected chi connectivity index (χ3v) is 4.87. The summed E-state index contributed by atoms with van der Waals surface area (Å²) in [5, 5.41) is 8.60. The fourth-order valence-corrected chi connectivity index (χ4v) is 3.23. The molecule has 0 radical (unpaired) electrons. The molecule has 6 nitrogen and oxygen atoms in total. The summed E-state index contributed by atoms with van der Waals surface area (Å²) >= 11 is 5.25.